The molecule has 0 aliphatic heterocycles. The molecule has 0 aromatic heterocycles. The van der Waals surface area contributed by atoms with Crippen LogP contribution in [0.2, 0.25) is 0 Å². The standard InChI is InChI=1S/C18H20O2/c1-3-12-18(20-15(2)19)13-8-7-11-17(18)14-16-9-5-4-6-10-16/h1,4-6,9-10,14H,7-8,11-13H2,2H3/b17-14-. The highest BCUT2D eigenvalue weighted by Gasteiger charge is 2.38. The maximum Gasteiger partial charge on any atom is 0.303 e. The van der Waals surface area contributed by atoms with Crippen LogP contribution < -0.4 is 0 Å². The van der Waals surface area contributed by atoms with Gasteiger partial charge in [0.25, 0.3) is 0 Å². The van der Waals surface area contributed by atoms with E-state index in [0.29, 0.717) is 6.42 Å². The van der Waals surface area contributed by atoms with Gasteiger partial charge in [-0.3, -0.25) is 4.79 Å². The Morgan fingerprint density at radius 1 is 1.40 bits per heavy atom. The summed E-state index contributed by atoms with van der Waals surface area (Å²) in [6, 6.07) is 10.1. The van der Waals surface area contributed by atoms with Crippen LogP contribution in [0.5, 0.6) is 0 Å². The van der Waals surface area contributed by atoms with Crippen LogP contribution >= 0.6 is 0 Å². The molecule has 0 amide bonds. The lowest BCUT2D eigenvalue weighted by molar-refractivity contribution is -0.154. The smallest absolute Gasteiger partial charge is 0.303 e. The van der Waals surface area contributed by atoms with Crippen LogP contribution in [0, 0.1) is 12.3 Å². The second-order valence-electron chi connectivity index (χ2n) is 5.26. The number of terminal acetylenes is 1. The van der Waals surface area contributed by atoms with Gasteiger partial charge in [0.1, 0.15) is 5.60 Å². The van der Waals surface area contributed by atoms with Gasteiger partial charge in [-0.1, -0.05) is 36.4 Å². The molecule has 2 rings (SSSR count). The quantitative estimate of drug-likeness (QED) is 0.612. The van der Waals surface area contributed by atoms with E-state index >= 15 is 0 Å². The molecule has 0 spiro atoms. The van der Waals surface area contributed by atoms with Crippen LogP contribution in [0.1, 0.15) is 44.6 Å². The van der Waals surface area contributed by atoms with Crippen LogP contribution in [0.25, 0.3) is 6.08 Å². The molecule has 1 unspecified atom stereocenters. The molecule has 1 aromatic rings. The summed E-state index contributed by atoms with van der Waals surface area (Å²) in [5.41, 5.74) is 1.66. The predicted octanol–water partition coefficient (Wildman–Crippen LogP) is 3.97. The summed E-state index contributed by atoms with van der Waals surface area (Å²) in [5, 5.41) is 0. The van der Waals surface area contributed by atoms with Crippen molar-refractivity contribution in [2.24, 2.45) is 0 Å². The fourth-order valence-corrected chi connectivity index (χ4v) is 2.86. The number of carbonyl (C=O) groups is 1. The predicted molar refractivity (Wildman–Crippen MR) is 80.8 cm³/mol. The van der Waals surface area contributed by atoms with Gasteiger partial charge in [0.05, 0.1) is 6.42 Å². The lowest BCUT2D eigenvalue weighted by Crippen LogP contribution is -2.38. The number of hydrogen-bond donors (Lipinski definition) is 0. The molecule has 2 nitrogen and oxygen atoms in total. The zero-order valence-corrected chi connectivity index (χ0v) is 11.9. The zero-order chi connectivity index (χ0) is 14.4. The first kappa shape index (κ1) is 14.4. The molecule has 20 heavy (non-hydrogen) atoms. The Bertz CT molecular complexity index is 536. The highest BCUT2D eigenvalue weighted by atomic mass is 16.6. The van der Waals surface area contributed by atoms with E-state index in [0.717, 1.165) is 36.8 Å². The SMILES string of the molecule is C#CCC1(OC(C)=O)CCCC/C1=C/c1ccccc1. The fraction of sp³-hybridized carbons (Fsp3) is 0.389. The Hall–Kier alpha value is -2.01. The molecular weight excluding hydrogens is 248 g/mol. The van der Waals surface area contributed by atoms with Crippen LogP contribution in [0.3, 0.4) is 0 Å². The van der Waals surface area contributed by atoms with Gasteiger partial charge in [-0.25, -0.2) is 0 Å². The van der Waals surface area contributed by atoms with E-state index in [1.54, 1.807) is 0 Å². The van der Waals surface area contributed by atoms with Crippen molar-refractivity contribution in [1.29, 1.82) is 0 Å². The number of carbonyl (C=O) groups excluding carboxylic acids is 1. The lowest BCUT2D eigenvalue weighted by Gasteiger charge is -2.37. The molecule has 1 aromatic carbocycles. The minimum atomic E-state index is -0.603. The number of ether oxygens (including phenoxy) is 1. The molecule has 1 fully saturated rings. The van der Waals surface area contributed by atoms with Crippen molar-refractivity contribution in [1.82, 2.24) is 0 Å². The zero-order valence-electron chi connectivity index (χ0n) is 11.9. The third-order valence-electron chi connectivity index (χ3n) is 3.73. The Labute approximate surface area is 120 Å². The molecule has 0 heterocycles. The summed E-state index contributed by atoms with van der Waals surface area (Å²) in [6.07, 6.45) is 12.0. The summed E-state index contributed by atoms with van der Waals surface area (Å²) in [7, 11) is 0. The maximum absolute atomic E-state index is 11.5. The Balaban J connectivity index is 2.38. The van der Waals surface area contributed by atoms with Crippen molar-refractivity contribution >= 4 is 12.0 Å². The molecule has 104 valence electrons. The first-order chi connectivity index (χ1) is 9.66. The second-order valence-corrected chi connectivity index (χ2v) is 5.26. The summed E-state index contributed by atoms with van der Waals surface area (Å²) in [5.74, 6) is 2.42. The minimum Gasteiger partial charge on any atom is -0.454 e. The Morgan fingerprint density at radius 3 is 2.80 bits per heavy atom. The molecule has 1 atom stereocenters. The normalized spacial score (nSPS) is 24.1. The van der Waals surface area contributed by atoms with Crippen LogP contribution in [-0.2, 0) is 9.53 Å². The van der Waals surface area contributed by atoms with E-state index in [9.17, 15) is 4.79 Å². The van der Waals surface area contributed by atoms with E-state index in [1.807, 2.05) is 18.2 Å². The first-order valence-electron chi connectivity index (χ1n) is 7.05. The van der Waals surface area contributed by atoms with Gasteiger partial charge in [0, 0.05) is 6.92 Å². The van der Waals surface area contributed by atoms with Crippen LogP contribution in [0.15, 0.2) is 35.9 Å². The largest absolute Gasteiger partial charge is 0.454 e. The molecular formula is C18H20O2. The maximum atomic E-state index is 11.5. The minimum absolute atomic E-state index is 0.263. The van der Waals surface area contributed by atoms with E-state index in [-0.39, 0.29) is 5.97 Å². The van der Waals surface area contributed by atoms with Gasteiger partial charge in [-0.05, 0) is 36.8 Å². The monoisotopic (exact) mass is 268 g/mol. The van der Waals surface area contributed by atoms with E-state index in [4.69, 9.17) is 11.2 Å². The van der Waals surface area contributed by atoms with Gasteiger partial charge >= 0.3 is 5.97 Å². The molecule has 2 heteroatoms. The number of hydrogen-bond acceptors (Lipinski definition) is 2. The highest BCUT2D eigenvalue weighted by Crippen LogP contribution is 2.40. The van der Waals surface area contributed by atoms with Crippen LogP contribution in [0.4, 0.5) is 0 Å². The number of rotatable bonds is 3. The number of esters is 1. The van der Waals surface area contributed by atoms with Gasteiger partial charge in [0.15, 0.2) is 0 Å². The summed E-state index contributed by atoms with van der Waals surface area (Å²) >= 11 is 0. The van der Waals surface area contributed by atoms with E-state index in [1.165, 1.54) is 6.92 Å². The van der Waals surface area contributed by atoms with Crippen molar-refractivity contribution in [3.05, 3.63) is 41.5 Å². The summed E-state index contributed by atoms with van der Waals surface area (Å²) < 4.78 is 5.65. The molecule has 1 saturated carbocycles. The summed E-state index contributed by atoms with van der Waals surface area (Å²) in [4.78, 5) is 11.5. The van der Waals surface area contributed by atoms with Crippen molar-refractivity contribution in [3.63, 3.8) is 0 Å². The fourth-order valence-electron chi connectivity index (χ4n) is 2.86. The van der Waals surface area contributed by atoms with Gasteiger partial charge in [-0.15, -0.1) is 12.3 Å². The molecule has 0 bridgehead atoms. The molecule has 0 N–H and O–H groups in total. The van der Waals surface area contributed by atoms with Crippen LogP contribution in [-0.4, -0.2) is 11.6 Å². The van der Waals surface area contributed by atoms with Crippen molar-refractivity contribution < 1.29 is 9.53 Å². The average molecular weight is 268 g/mol. The first-order valence-corrected chi connectivity index (χ1v) is 7.05. The van der Waals surface area contributed by atoms with Gasteiger partial charge in [0.2, 0.25) is 0 Å². The van der Waals surface area contributed by atoms with E-state index < -0.39 is 5.60 Å². The molecule has 0 saturated heterocycles. The molecule has 1 aliphatic carbocycles. The Morgan fingerprint density at radius 2 is 2.15 bits per heavy atom. The van der Waals surface area contributed by atoms with E-state index in [2.05, 4.69) is 24.1 Å². The van der Waals surface area contributed by atoms with Crippen molar-refractivity contribution in [2.75, 3.05) is 0 Å². The third-order valence-corrected chi connectivity index (χ3v) is 3.73. The van der Waals surface area contributed by atoms with Gasteiger partial charge in [-0.2, -0.15) is 0 Å². The van der Waals surface area contributed by atoms with Crippen molar-refractivity contribution in [2.45, 2.75) is 44.6 Å². The summed E-state index contributed by atoms with van der Waals surface area (Å²) in [6.45, 7) is 1.45. The Kier molecular flexibility index (Phi) is 4.63. The van der Waals surface area contributed by atoms with Crippen molar-refractivity contribution in [3.8, 4) is 12.3 Å². The number of benzene rings is 1. The average Bonchev–Trinajstić information content (AvgIpc) is 2.42. The topological polar surface area (TPSA) is 26.3 Å². The molecule has 0 radical (unpaired) electrons. The molecule has 1 aliphatic rings. The lowest BCUT2D eigenvalue weighted by atomic mass is 9.77. The van der Waals surface area contributed by atoms with Gasteiger partial charge < -0.3 is 4.74 Å². The third kappa shape index (κ3) is 3.30. The second kappa shape index (κ2) is 6.43. The highest BCUT2D eigenvalue weighted by molar-refractivity contribution is 5.68.